The van der Waals surface area contributed by atoms with Gasteiger partial charge in [-0.25, -0.2) is 9.97 Å². The molecule has 1 aliphatic rings. The molecule has 1 fully saturated rings. The second-order valence-electron chi connectivity index (χ2n) is 9.93. The van der Waals surface area contributed by atoms with Gasteiger partial charge in [0.2, 0.25) is 0 Å². The van der Waals surface area contributed by atoms with Crippen LogP contribution in [-0.4, -0.2) is 20.7 Å². The van der Waals surface area contributed by atoms with Gasteiger partial charge in [-0.15, -0.1) is 0 Å². The van der Waals surface area contributed by atoms with E-state index in [1.165, 1.54) is 0 Å². The maximum atomic E-state index is 12.9. The van der Waals surface area contributed by atoms with Crippen LogP contribution < -0.4 is 5.73 Å². The highest BCUT2D eigenvalue weighted by Crippen LogP contribution is 2.43. The molecule has 34 heavy (non-hydrogen) atoms. The molecule has 1 aliphatic carbocycles. The molecule has 0 radical (unpaired) electrons. The van der Waals surface area contributed by atoms with Crippen LogP contribution in [0.1, 0.15) is 55.2 Å². The number of aromatic amines is 1. The first-order valence-electron chi connectivity index (χ1n) is 11.9. The second kappa shape index (κ2) is 9.22. The standard InChI is InChI=1S/C28H29ClN4O/c1-28(15-25(34)19-8-10-20(30)11-9-19)12-4-5-18(14-28)13-26-32-17-23(29)27(33-26)22-16-31-24-7-3-2-6-21(22)24/h2-3,6-11,16-18,31H,4-5,12-15,30H2,1H3/t18-,28-/m0/s1. The van der Waals surface area contributed by atoms with Crippen LogP contribution >= 0.6 is 11.6 Å². The predicted molar refractivity (Wildman–Crippen MR) is 138 cm³/mol. The molecular formula is C28H29ClN4O. The highest BCUT2D eigenvalue weighted by Gasteiger charge is 2.34. The number of rotatable bonds is 6. The van der Waals surface area contributed by atoms with Gasteiger partial charge < -0.3 is 10.7 Å². The third kappa shape index (κ3) is 4.71. The molecule has 4 aromatic rings. The van der Waals surface area contributed by atoms with Crippen molar-refractivity contribution in [3.63, 3.8) is 0 Å². The molecule has 0 bridgehead atoms. The van der Waals surface area contributed by atoms with Crippen molar-refractivity contribution in [2.75, 3.05) is 5.73 Å². The van der Waals surface area contributed by atoms with Gasteiger partial charge in [-0.3, -0.25) is 4.79 Å². The monoisotopic (exact) mass is 472 g/mol. The van der Waals surface area contributed by atoms with E-state index in [1.54, 1.807) is 18.3 Å². The molecule has 5 rings (SSSR count). The van der Waals surface area contributed by atoms with Gasteiger partial charge in [0.25, 0.3) is 0 Å². The Kier molecular flexibility index (Phi) is 6.13. The number of benzene rings is 2. The molecular weight excluding hydrogens is 444 g/mol. The van der Waals surface area contributed by atoms with Crippen molar-refractivity contribution in [2.45, 2.75) is 45.4 Å². The zero-order valence-corrected chi connectivity index (χ0v) is 20.1. The number of carbonyl (C=O) groups excluding carboxylic acids is 1. The largest absolute Gasteiger partial charge is 0.399 e. The summed E-state index contributed by atoms with van der Waals surface area (Å²) in [4.78, 5) is 25.7. The third-order valence-electron chi connectivity index (χ3n) is 7.10. The summed E-state index contributed by atoms with van der Waals surface area (Å²) in [7, 11) is 0. The van der Waals surface area contributed by atoms with Gasteiger partial charge in [-0.1, -0.05) is 43.1 Å². The van der Waals surface area contributed by atoms with E-state index in [2.05, 4.69) is 23.0 Å². The van der Waals surface area contributed by atoms with Gasteiger partial charge >= 0.3 is 0 Å². The van der Waals surface area contributed by atoms with E-state index in [0.29, 0.717) is 23.0 Å². The van der Waals surface area contributed by atoms with E-state index in [4.69, 9.17) is 22.3 Å². The van der Waals surface area contributed by atoms with Gasteiger partial charge in [-0.05, 0) is 60.9 Å². The lowest BCUT2D eigenvalue weighted by atomic mass is 9.67. The van der Waals surface area contributed by atoms with E-state index in [9.17, 15) is 4.79 Å². The molecule has 2 heterocycles. The SMILES string of the molecule is C[C@]1(CC(=O)c2ccc(N)cc2)CCC[C@@H](Cc2ncc(Cl)c(-c3c[nH]c4ccccc34)n2)C1. The number of hydrogen-bond acceptors (Lipinski definition) is 4. The van der Waals surface area contributed by atoms with Crippen molar-refractivity contribution in [1.82, 2.24) is 15.0 Å². The minimum absolute atomic E-state index is 0.0204. The first kappa shape index (κ1) is 22.6. The average molecular weight is 473 g/mol. The van der Waals surface area contributed by atoms with Crippen LogP contribution in [0.5, 0.6) is 0 Å². The number of nitrogens with two attached hydrogens (primary N) is 1. The zero-order chi connectivity index (χ0) is 23.7. The Morgan fingerprint density at radius 2 is 2.00 bits per heavy atom. The quantitative estimate of drug-likeness (QED) is 0.237. The van der Waals surface area contributed by atoms with E-state index in [-0.39, 0.29) is 11.2 Å². The van der Waals surface area contributed by atoms with Gasteiger partial charge in [0.1, 0.15) is 5.82 Å². The summed E-state index contributed by atoms with van der Waals surface area (Å²) >= 11 is 6.52. The lowest BCUT2D eigenvalue weighted by Gasteiger charge is -2.37. The molecule has 0 aliphatic heterocycles. The molecule has 0 unspecified atom stereocenters. The van der Waals surface area contributed by atoms with Crippen molar-refractivity contribution in [3.8, 4) is 11.3 Å². The fourth-order valence-corrected chi connectivity index (χ4v) is 5.62. The summed E-state index contributed by atoms with van der Waals surface area (Å²) in [5.41, 5.74) is 9.98. The van der Waals surface area contributed by atoms with Crippen molar-refractivity contribution in [2.24, 2.45) is 11.3 Å². The van der Waals surface area contributed by atoms with Crippen LogP contribution in [0.25, 0.3) is 22.2 Å². The van der Waals surface area contributed by atoms with Crippen molar-refractivity contribution in [3.05, 3.63) is 77.3 Å². The smallest absolute Gasteiger partial charge is 0.163 e. The minimum Gasteiger partial charge on any atom is -0.399 e. The first-order valence-corrected chi connectivity index (χ1v) is 12.2. The lowest BCUT2D eigenvalue weighted by molar-refractivity contribution is 0.0835. The molecule has 3 N–H and O–H groups in total. The number of hydrogen-bond donors (Lipinski definition) is 2. The summed E-state index contributed by atoms with van der Waals surface area (Å²) < 4.78 is 0. The van der Waals surface area contributed by atoms with Crippen LogP contribution in [-0.2, 0) is 6.42 Å². The molecule has 0 spiro atoms. The summed E-state index contributed by atoms with van der Waals surface area (Å²) in [6.07, 6.45) is 9.30. The minimum atomic E-state index is -0.0204. The van der Waals surface area contributed by atoms with Gasteiger partial charge in [0, 0.05) is 53.0 Å². The molecule has 2 aromatic carbocycles. The summed E-state index contributed by atoms with van der Waals surface area (Å²) in [6, 6.07) is 15.4. The molecule has 0 amide bonds. The topological polar surface area (TPSA) is 84.7 Å². The van der Waals surface area contributed by atoms with Crippen molar-refractivity contribution < 1.29 is 4.79 Å². The Morgan fingerprint density at radius 3 is 2.82 bits per heavy atom. The van der Waals surface area contributed by atoms with Gasteiger partial charge in [0.15, 0.2) is 5.78 Å². The van der Waals surface area contributed by atoms with Crippen LogP contribution in [0.2, 0.25) is 5.02 Å². The highest BCUT2D eigenvalue weighted by atomic mass is 35.5. The number of anilines is 1. The number of para-hydroxylation sites is 1. The molecule has 174 valence electrons. The maximum Gasteiger partial charge on any atom is 0.163 e. The Bertz CT molecular complexity index is 1330. The van der Waals surface area contributed by atoms with E-state index < -0.39 is 0 Å². The molecule has 2 aromatic heterocycles. The number of nitrogens with one attached hydrogen (secondary N) is 1. The maximum absolute atomic E-state index is 12.9. The third-order valence-corrected chi connectivity index (χ3v) is 7.38. The Hall–Kier alpha value is -3.18. The fraction of sp³-hybridized carbons (Fsp3) is 0.321. The molecule has 0 saturated heterocycles. The fourth-order valence-electron chi connectivity index (χ4n) is 5.43. The van der Waals surface area contributed by atoms with Crippen molar-refractivity contribution in [1.29, 1.82) is 0 Å². The number of carbonyl (C=O) groups is 1. The first-order chi connectivity index (χ1) is 16.4. The van der Waals surface area contributed by atoms with Gasteiger partial charge in [0.05, 0.1) is 10.7 Å². The number of nitrogen functional groups attached to an aromatic ring is 1. The summed E-state index contributed by atoms with van der Waals surface area (Å²) in [5.74, 6) is 1.44. The highest BCUT2D eigenvalue weighted by molar-refractivity contribution is 6.33. The number of halogens is 1. The second-order valence-corrected chi connectivity index (χ2v) is 10.3. The van der Waals surface area contributed by atoms with E-state index >= 15 is 0 Å². The van der Waals surface area contributed by atoms with Crippen LogP contribution in [0, 0.1) is 11.3 Å². The molecule has 1 saturated carbocycles. The zero-order valence-electron chi connectivity index (χ0n) is 19.4. The van der Waals surface area contributed by atoms with Gasteiger partial charge in [-0.2, -0.15) is 0 Å². The van der Waals surface area contributed by atoms with Crippen LogP contribution in [0.3, 0.4) is 0 Å². The van der Waals surface area contributed by atoms with Crippen LogP contribution in [0.4, 0.5) is 5.69 Å². The summed E-state index contributed by atoms with van der Waals surface area (Å²) in [5, 5.41) is 1.65. The van der Waals surface area contributed by atoms with Crippen LogP contribution in [0.15, 0.2) is 60.9 Å². The molecule has 2 atom stereocenters. The average Bonchev–Trinajstić information content (AvgIpc) is 3.24. The molecule has 5 nitrogen and oxygen atoms in total. The number of ketones is 1. The number of H-pyrrole nitrogens is 1. The number of nitrogens with zero attached hydrogens (tertiary/aromatic N) is 2. The van der Waals surface area contributed by atoms with Crippen molar-refractivity contribution >= 4 is 34.0 Å². The Labute approximate surface area is 204 Å². The number of Topliss-reactive ketones (excluding diaryl/α,β-unsaturated/α-hetero) is 1. The molecule has 6 heteroatoms. The van der Waals surface area contributed by atoms with E-state index in [1.807, 2.05) is 36.5 Å². The summed E-state index contributed by atoms with van der Waals surface area (Å²) in [6.45, 7) is 2.24. The number of fused-ring (bicyclic) bond motifs is 1. The Balaban J connectivity index is 1.32. The Morgan fingerprint density at radius 1 is 1.21 bits per heavy atom. The lowest BCUT2D eigenvalue weighted by Crippen LogP contribution is -2.29. The van der Waals surface area contributed by atoms with E-state index in [0.717, 1.165) is 65.7 Å². The normalized spacial score (nSPS) is 20.5. The predicted octanol–water partition coefficient (Wildman–Crippen LogP) is 6.87. The number of aromatic nitrogens is 3.